The van der Waals surface area contributed by atoms with Crippen LogP contribution >= 0.6 is 0 Å². The monoisotopic (exact) mass is 225 g/mol. The number of aromatic nitrogens is 1. The molecule has 0 radical (unpaired) electrons. The van der Waals surface area contributed by atoms with Crippen molar-refractivity contribution >= 4 is 10.9 Å². The van der Waals surface area contributed by atoms with E-state index in [1.54, 1.807) is 0 Å². The molecule has 0 saturated heterocycles. The second kappa shape index (κ2) is 3.90. The van der Waals surface area contributed by atoms with E-state index in [1.165, 1.54) is 17.4 Å². The Morgan fingerprint density at radius 2 is 2.41 bits per heavy atom. The first-order valence-corrected chi connectivity index (χ1v) is 5.99. The fourth-order valence-corrected chi connectivity index (χ4v) is 2.64. The van der Waals surface area contributed by atoms with Gasteiger partial charge in [0, 0.05) is 17.1 Å². The van der Waals surface area contributed by atoms with Crippen LogP contribution in [-0.4, -0.2) is 18.6 Å². The molecule has 2 aromatic rings. The molecule has 17 heavy (non-hydrogen) atoms. The van der Waals surface area contributed by atoms with Gasteiger partial charge in [-0.25, -0.2) is 0 Å². The molecule has 0 amide bonds. The van der Waals surface area contributed by atoms with Crippen molar-refractivity contribution in [3.63, 3.8) is 0 Å². The number of H-pyrrole nitrogens is 1. The van der Waals surface area contributed by atoms with Crippen LogP contribution in [0, 0.1) is 17.2 Å². The van der Waals surface area contributed by atoms with Crippen molar-refractivity contribution in [3.05, 3.63) is 35.5 Å². The van der Waals surface area contributed by atoms with Crippen LogP contribution < -0.4 is 5.32 Å². The zero-order chi connectivity index (χ0) is 11.8. The SMILES string of the molecule is CNC[C@@H]1C[C@H]1c1c[nH]c2cc(C#N)ccc12. The number of benzene rings is 1. The molecule has 3 rings (SSSR count). The normalized spacial score (nSPS) is 22.6. The summed E-state index contributed by atoms with van der Waals surface area (Å²) in [6, 6.07) is 8.06. The molecule has 1 saturated carbocycles. The minimum Gasteiger partial charge on any atom is -0.361 e. The lowest BCUT2D eigenvalue weighted by Crippen LogP contribution is -2.10. The molecule has 3 heteroatoms. The summed E-state index contributed by atoms with van der Waals surface area (Å²) < 4.78 is 0. The smallest absolute Gasteiger partial charge is 0.0992 e. The maximum atomic E-state index is 8.87. The molecule has 1 heterocycles. The Morgan fingerprint density at radius 1 is 1.53 bits per heavy atom. The van der Waals surface area contributed by atoms with E-state index >= 15 is 0 Å². The molecule has 0 aliphatic heterocycles. The Bertz CT molecular complexity index is 591. The number of nitrogens with one attached hydrogen (secondary N) is 2. The highest BCUT2D eigenvalue weighted by Crippen LogP contribution is 2.49. The maximum Gasteiger partial charge on any atom is 0.0992 e. The topological polar surface area (TPSA) is 51.6 Å². The molecule has 1 aromatic heterocycles. The molecule has 1 aromatic carbocycles. The third-order valence-electron chi connectivity index (χ3n) is 3.63. The molecular formula is C14H15N3. The highest BCUT2D eigenvalue weighted by Gasteiger charge is 2.38. The van der Waals surface area contributed by atoms with Gasteiger partial charge in [-0.15, -0.1) is 0 Å². The van der Waals surface area contributed by atoms with Crippen LogP contribution in [0.15, 0.2) is 24.4 Å². The summed E-state index contributed by atoms with van der Waals surface area (Å²) in [7, 11) is 2.00. The Kier molecular flexibility index (Phi) is 2.38. The Balaban J connectivity index is 1.95. The lowest BCUT2D eigenvalue weighted by Gasteiger charge is -1.98. The molecule has 1 aliphatic rings. The summed E-state index contributed by atoms with van der Waals surface area (Å²) in [6.07, 6.45) is 3.37. The Hall–Kier alpha value is -1.79. The molecular weight excluding hydrogens is 210 g/mol. The van der Waals surface area contributed by atoms with Gasteiger partial charge in [0.05, 0.1) is 11.6 Å². The number of hydrogen-bond acceptors (Lipinski definition) is 2. The van der Waals surface area contributed by atoms with Gasteiger partial charge in [-0.2, -0.15) is 5.26 Å². The highest BCUT2D eigenvalue weighted by molar-refractivity contribution is 5.85. The van der Waals surface area contributed by atoms with Crippen LogP contribution in [0.3, 0.4) is 0 Å². The van der Waals surface area contributed by atoms with E-state index in [-0.39, 0.29) is 0 Å². The fourth-order valence-electron chi connectivity index (χ4n) is 2.64. The second-order valence-electron chi connectivity index (χ2n) is 4.78. The van der Waals surface area contributed by atoms with Crippen molar-refractivity contribution in [2.24, 2.45) is 5.92 Å². The van der Waals surface area contributed by atoms with E-state index in [2.05, 4.69) is 28.6 Å². The molecule has 86 valence electrons. The average Bonchev–Trinajstić information content (AvgIpc) is 2.99. The summed E-state index contributed by atoms with van der Waals surface area (Å²) in [5, 5.41) is 13.4. The number of hydrogen-bond donors (Lipinski definition) is 2. The quantitative estimate of drug-likeness (QED) is 0.842. The van der Waals surface area contributed by atoms with Crippen molar-refractivity contribution in [2.45, 2.75) is 12.3 Å². The number of nitrogens with zero attached hydrogens (tertiary/aromatic N) is 1. The Labute approximate surface area is 100 Å². The van der Waals surface area contributed by atoms with Gasteiger partial charge in [0.1, 0.15) is 0 Å². The first kappa shape index (κ1) is 10.4. The third kappa shape index (κ3) is 1.71. The average molecular weight is 225 g/mol. The van der Waals surface area contributed by atoms with Crippen LogP contribution in [-0.2, 0) is 0 Å². The minimum atomic E-state index is 0.684. The van der Waals surface area contributed by atoms with Gasteiger partial charge in [-0.3, -0.25) is 0 Å². The minimum absolute atomic E-state index is 0.684. The van der Waals surface area contributed by atoms with Gasteiger partial charge in [0.2, 0.25) is 0 Å². The first-order valence-electron chi connectivity index (χ1n) is 5.99. The molecule has 3 nitrogen and oxygen atoms in total. The predicted molar refractivity (Wildman–Crippen MR) is 67.8 cm³/mol. The fraction of sp³-hybridized carbons (Fsp3) is 0.357. The van der Waals surface area contributed by atoms with Gasteiger partial charge in [0.25, 0.3) is 0 Å². The molecule has 2 atom stereocenters. The zero-order valence-electron chi connectivity index (χ0n) is 9.83. The lowest BCUT2D eigenvalue weighted by molar-refractivity contribution is 0.699. The maximum absolute atomic E-state index is 8.87. The van der Waals surface area contributed by atoms with Gasteiger partial charge < -0.3 is 10.3 Å². The van der Waals surface area contributed by atoms with E-state index in [0.717, 1.165) is 18.0 Å². The molecule has 0 spiro atoms. The van der Waals surface area contributed by atoms with Crippen LogP contribution in [0.5, 0.6) is 0 Å². The number of rotatable bonds is 3. The first-order chi connectivity index (χ1) is 8.33. The summed E-state index contributed by atoms with van der Waals surface area (Å²) in [4.78, 5) is 3.28. The van der Waals surface area contributed by atoms with Crippen LogP contribution in [0.1, 0.15) is 23.5 Å². The number of nitriles is 1. The molecule has 0 bridgehead atoms. The largest absolute Gasteiger partial charge is 0.361 e. The second-order valence-corrected chi connectivity index (χ2v) is 4.78. The summed E-state index contributed by atoms with van der Waals surface area (Å²) in [6.45, 7) is 1.09. The summed E-state index contributed by atoms with van der Waals surface area (Å²) in [5.74, 6) is 1.46. The van der Waals surface area contributed by atoms with Gasteiger partial charge in [-0.05, 0) is 49.5 Å². The van der Waals surface area contributed by atoms with Crippen LogP contribution in [0.2, 0.25) is 0 Å². The zero-order valence-corrected chi connectivity index (χ0v) is 9.83. The Morgan fingerprint density at radius 3 is 3.18 bits per heavy atom. The van der Waals surface area contributed by atoms with Crippen LogP contribution in [0.25, 0.3) is 10.9 Å². The van der Waals surface area contributed by atoms with Gasteiger partial charge in [-0.1, -0.05) is 6.07 Å². The van der Waals surface area contributed by atoms with Gasteiger partial charge >= 0.3 is 0 Å². The summed E-state index contributed by atoms with van der Waals surface area (Å²) in [5.41, 5.74) is 3.20. The van der Waals surface area contributed by atoms with E-state index in [0.29, 0.717) is 11.5 Å². The van der Waals surface area contributed by atoms with Crippen molar-refractivity contribution in [2.75, 3.05) is 13.6 Å². The third-order valence-corrected chi connectivity index (χ3v) is 3.63. The highest BCUT2D eigenvalue weighted by atomic mass is 14.8. The van der Waals surface area contributed by atoms with Gasteiger partial charge in [0.15, 0.2) is 0 Å². The van der Waals surface area contributed by atoms with Crippen LogP contribution in [0.4, 0.5) is 0 Å². The van der Waals surface area contributed by atoms with E-state index in [4.69, 9.17) is 5.26 Å². The summed E-state index contributed by atoms with van der Waals surface area (Å²) >= 11 is 0. The van der Waals surface area contributed by atoms with Crippen molar-refractivity contribution in [3.8, 4) is 6.07 Å². The molecule has 1 aliphatic carbocycles. The molecule has 0 unspecified atom stereocenters. The number of aromatic amines is 1. The number of fused-ring (bicyclic) bond motifs is 1. The standard InChI is InChI=1S/C14H15N3/c1-16-7-10-5-12(10)13-8-17-14-4-9(6-15)2-3-11(13)14/h2-4,8,10,12,16-17H,5,7H2,1H3/t10-,12+/m0/s1. The lowest BCUT2D eigenvalue weighted by atomic mass is 10.1. The molecule has 2 N–H and O–H groups in total. The van der Waals surface area contributed by atoms with E-state index in [1.807, 2.05) is 19.2 Å². The van der Waals surface area contributed by atoms with Crippen molar-refractivity contribution in [1.29, 1.82) is 5.26 Å². The predicted octanol–water partition coefficient (Wildman–Crippen LogP) is 2.36. The van der Waals surface area contributed by atoms with E-state index < -0.39 is 0 Å². The van der Waals surface area contributed by atoms with Crippen molar-refractivity contribution < 1.29 is 0 Å². The molecule has 1 fully saturated rings. The van der Waals surface area contributed by atoms with E-state index in [9.17, 15) is 0 Å². The van der Waals surface area contributed by atoms with Crippen molar-refractivity contribution in [1.82, 2.24) is 10.3 Å².